The van der Waals surface area contributed by atoms with Crippen LogP contribution in [0.15, 0.2) is 34.7 Å². The minimum Gasteiger partial charge on any atom is -0.478 e. The molecule has 2 atom stereocenters. The van der Waals surface area contributed by atoms with E-state index in [-0.39, 0.29) is 23.3 Å². The van der Waals surface area contributed by atoms with Gasteiger partial charge in [-0.3, -0.25) is 4.79 Å². The first-order valence-corrected chi connectivity index (χ1v) is 8.64. The Morgan fingerprint density at radius 2 is 2.04 bits per heavy atom. The third-order valence-electron chi connectivity index (χ3n) is 5.04. The number of carbonyl (C=O) groups is 2. The first-order valence-electron chi connectivity index (χ1n) is 8.64. The molecule has 1 aromatic carbocycles. The minimum absolute atomic E-state index is 0.0770. The maximum absolute atomic E-state index is 12.9. The van der Waals surface area contributed by atoms with Crippen molar-refractivity contribution in [3.63, 3.8) is 0 Å². The van der Waals surface area contributed by atoms with E-state index in [1.807, 2.05) is 26.0 Å². The first-order chi connectivity index (χ1) is 11.9. The van der Waals surface area contributed by atoms with E-state index in [1.165, 1.54) is 17.2 Å². The molecule has 0 radical (unpaired) electrons. The number of amides is 1. The molecule has 1 amide bonds. The Kier molecular flexibility index (Phi) is 4.66. The molecular formula is C20H23NO4. The second-order valence-corrected chi connectivity index (χ2v) is 6.70. The number of nitrogens with zero attached hydrogens (tertiary/aromatic N) is 1. The normalized spacial score (nSPS) is 20.0. The van der Waals surface area contributed by atoms with Crippen molar-refractivity contribution in [2.45, 2.75) is 45.6 Å². The number of carbonyl (C=O) groups excluding carboxylic acids is 1. The standard InChI is InChI=1S/C20H23NO4/c1-4-17-16(20(23)24)10-18(25-17)19(22)21-11-14(9-13(21)3)15-8-6-5-7-12(15)2/h5-8,10,13-14H,4,9,11H2,1-3H3,(H,23,24). The van der Waals surface area contributed by atoms with Gasteiger partial charge < -0.3 is 14.4 Å². The first kappa shape index (κ1) is 17.3. The van der Waals surface area contributed by atoms with Crippen molar-refractivity contribution in [1.29, 1.82) is 0 Å². The van der Waals surface area contributed by atoms with Crippen molar-refractivity contribution >= 4 is 11.9 Å². The topological polar surface area (TPSA) is 70.8 Å². The smallest absolute Gasteiger partial charge is 0.339 e. The van der Waals surface area contributed by atoms with Gasteiger partial charge in [-0.05, 0) is 31.4 Å². The zero-order chi connectivity index (χ0) is 18.1. The summed E-state index contributed by atoms with van der Waals surface area (Å²) in [5.41, 5.74) is 2.58. The molecule has 1 aliphatic heterocycles. The van der Waals surface area contributed by atoms with Crippen LogP contribution >= 0.6 is 0 Å². The Hall–Kier alpha value is -2.56. The highest BCUT2D eigenvalue weighted by atomic mass is 16.4. The minimum atomic E-state index is -1.06. The van der Waals surface area contributed by atoms with Crippen LogP contribution in [0.3, 0.4) is 0 Å². The molecule has 1 saturated heterocycles. The lowest BCUT2D eigenvalue weighted by atomic mass is 9.93. The van der Waals surface area contributed by atoms with E-state index >= 15 is 0 Å². The molecule has 2 aromatic rings. The quantitative estimate of drug-likeness (QED) is 0.916. The number of carboxylic acid groups (broad SMARTS) is 1. The Labute approximate surface area is 147 Å². The third kappa shape index (κ3) is 3.18. The van der Waals surface area contributed by atoms with E-state index in [4.69, 9.17) is 4.42 Å². The van der Waals surface area contributed by atoms with Gasteiger partial charge in [-0.15, -0.1) is 0 Å². The second kappa shape index (κ2) is 6.75. The van der Waals surface area contributed by atoms with Gasteiger partial charge in [0, 0.05) is 31.0 Å². The van der Waals surface area contributed by atoms with Gasteiger partial charge >= 0.3 is 5.97 Å². The van der Waals surface area contributed by atoms with Crippen LogP contribution in [-0.2, 0) is 6.42 Å². The molecule has 0 bridgehead atoms. The maximum atomic E-state index is 12.9. The van der Waals surface area contributed by atoms with Crippen LogP contribution in [0.1, 0.15) is 64.0 Å². The van der Waals surface area contributed by atoms with Crippen LogP contribution in [0.2, 0.25) is 0 Å². The Balaban J connectivity index is 1.84. The van der Waals surface area contributed by atoms with E-state index in [0.29, 0.717) is 24.6 Å². The van der Waals surface area contributed by atoms with Crippen LogP contribution in [0.5, 0.6) is 0 Å². The van der Waals surface area contributed by atoms with Gasteiger partial charge in [0.15, 0.2) is 5.76 Å². The van der Waals surface area contributed by atoms with Gasteiger partial charge in [-0.1, -0.05) is 31.2 Å². The highest BCUT2D eigenvalue weighted by Crippen LogP contribution is 2.34. The van der Waals surface area contributed by atoms with Crippen molar-refractivity contribution in [2.75, 3.05) is 6.54 Å². The molecule has 0 spiro atoms. The fourth-order valence-corrected chi connectivity index (χ4v) is 3.70. The molecule has 0 saturated carbocycles. The van der Waals surface area contributed by atoms with Crippen LogP contribution in [0, 0.1) is 6.92 Å². The van der Waals surface area contributed by atoms with E-state index in [1.54, 1.807) is 4.90 Å². The zero-order valence-electron chi connectivity index (χ0n) is 14.8. The molecule has 3 rings (SSSR count). The predicted molar refractivity (Wildman–Crippen MR) is 94.1 cm³/mol. The molecule has 1 fully saturated rings. The maximum Gasteiger partial charge on any atom is 0.339 e. The summed E-state index contributed by atoms with van der Waals surface area (Å²) in [5.74, 6) is -0.540. The molecular weight excluding hydrogens is 318 g/mol. The summed E-state index contributed by atoms with van der Waals surface area (Å²) in [6.45, 7) is 6.54. The largest absolute Gasteiger partial charge is 0.478 e. The molecule has 5 heteroatoms. The lowest BCUT2D eigenvalue weighted by Gasteiger charge is -2.20. The summed E-state index contributed by atoms with van der Waals surface area (Å²) in [6, 6.07) is 9.69. The fourth-order valence-electron chi connectivity index (χ4n) is 3.70. The van der Waals surface area contributed by atoms with Gasteiger partial charge in [-0.25, -0.2) is 4.79 Å². The Bertz CT molecular complexity index is 808. The van der Waals surface area contributed by atoms with Gasteiger partial charge in [0.2, 0.25) is 0 Å². The number of benzene rings is 1. The molecule has 5 nitrogen and oxygen atoms in total. The number of furan rings is 1. The summed E-state index contributed by atoms with van der Waals surface area (Å²) in [4.78, 5) is 25.9. The third-order valence-corrected chi connectivity index (χ3v) is 5.04. The van der Waals surface area contributed by atoms with E-state index < -0.39 is 5.97 Å². The van der Waals surface area contributed by atoms with Crippen molar-refractivity contribution in [3.8, 4) is 0 Å². The summed E-state index contributed by atoms with van der Waals surface area (Å²) in [7, 11) is 0. The lowest BCUT2D eigenvalue weighted by molar-refractivity contribution is 0.0689. The molecule has 25 heavy (non-hydrogen) atoms. The van der Waals surface area contributed by atoms with Crippen molar-refractivity contribution in [1.82, 2.24) is 4.90 Å². The number of aromatic carboxylic acids is 1. The van der Waals surface area contributed by atoms with Gasteiger partial charge in [-0.2, -0.15) is 0 Å². The summed E-state index contributed by atoms with van der Waals surface area (Å²) in [6.07, 6.45) is 1.33. The second-order valence-electron chi connectivity index (χ2n) is 6.70. The lowest BCUT2D eigenvalue weighted by Crippen LogP contribution is -2.33. The summed E-state index contributed by atoms with van der Waals surface area (Å²) >= 11 is 0. The highest BCUT2D eigenvalue weighted by Gasteiger charge is 2.36. The molecule has 0 aliphatic carbocycles. The van der Waals surface area contributed by atoms with Crippen LogP contribution < -0.4 is 0 Å². The molecule has 1 N–H and O–H groups in total. The molecule has 2 unspecified atom stereocenters. The molecule has 1 aliphatic rings. The highest BCUT2D eigenvalue weighted by molar-refractivity contribution is 5.96. The number of likely N-dealkylation sites (tertiary alicyclic amines) is 1. The summed E-state index contributed by atoms with van der Waals surface area (Å²) < 4.78 is 5.54. The number of carboxylic acids is 1. The van der Waals surface area contributed by atoms with Crippen LogP contribution in [0.25, 0.3) is 0 Å². The van der Waals surface area contributed by atoms with E-state index in [9.17, 15) is 14.7 Å². The van der Waals surface area contributed by atoms with Crippen molar-refractivity contribution in [3.05, 3.63) is 58.5 Å². The molecule has 1 aromatic heterocycles. The SMILES string of the molecule is CCc1oc(C(=O)N2CC(c3ccccc3C)CC2C)cc1C(=O)O. The molecule has 2 heterocycles. The van der Waals surface area contributed by atoms with Crippen LogP contribution in [-0.4, -0.2) is 34.5 Å². The average molecular weight is 341 g/mol. The average Bonchev–Trinajstić information content (AvgIpc) is 3.18. The van der Waals surface area contributed by atoms with E-state index in [2.05, 4.69) is 19.1 Å². The van der Waals surface area contributed by atoms with Crippen molar-refractivity contribution < 1.29 is 19.1 Å². The Morgan fingerprint density at radius 1 is 1.32 bits per heavy atom. The fraction of sp³-hybridized carbons (Fsp3) is 0.400. The van der Waals surface area contributed by atoms with E-state index in [0.717, 1.165) is 6.42 Å². The van der Waals surface area contributed by atoms with Crippen LogP contribution in [0.4, 0.5) is 0 Å². The monoisotopic (exact) mass is 341 g/mol. The number of hydrogen-bond acceptors (Lipinski definition) is 3. The zero-order valence-corrected chi connectivity index (χ0v) is 14.8. The predicted octanol–water partition coefficient (Wildman–Crippen LogP) is 3.87. The summed E-state index contributed by atoms with van der Waals surface area (Å²) in [5, 5.41) is 9.25. The number of hydrogen-bond donors (Lipinski definition) is 1. The van der Waals surface area contributed by atoms with Gasteiger partial charge in [0.05, 0.1) is 0 Å². The van der Waals surface area contributed by atoms with Gasteiger partial charge in [0.25, 0.3) is 5.91 Å². The van der Waals surface area contributed by atoms with Gasteiger partial charge in [0.1, 0.15) is 11.3 Å². The number of aryl methyl sites for hydroxylation is 2. The Morgan fingerprint density at radius 3 is 2.64 bits per heavy atom. The molecule has 132 valence electrons. The number of rotatable bonds is 4. The van der Waals surface area contributed by atoms with Crippen molar-refractivity contribution in [2.24, 2.45) is 0 Å².